The molecule has 0 aliphatic carbocycles. The van der Waals surface area contributed by atoms with Gasteiger partial charge in [-0.2, -0.15) is 20.1 Å². The summed E-state index contributed by atoms with van der Waals surface area (Å²) in [7, 11) is 0. The zero-order valence-corrected chi connectivity index (χ0v) is 17.4. The average Bonchev–Trinajstić information content (AvgIpc) is 2.77. The Balaban J connectivity index is 1.57. The summed E-state index contributed by atoms with van der Waals surface area (Å²) in [6.45, 7) is 2.65. The number of hydrogen-bond donors (Lipinski definition) is 2. The van der Waals surface area contributed by atoms with Crippen LogP contribution in [0.15, 0.2) is 53.6 Å². The van der Waals surface area contributed by atoms with Crippen molar-refractivity contribution >= 4 is 52.9 Å². The lowest BCUT2D eigenvalue weighted by Gasteiger charge is -2.27. The molecule has 0 bridgehead atoms. The van der Waals surface area contributed by atoms with E-state index < -0.39 is 0 Å². The SMILES string of the molecule is Clc1ccc(Nc2nc(N/N=C/c3ccccc3Cl)nc(N3CCOCC3)n2)cc1. The number of benzene rings is 2. The van der Waals surface area contributed by atoms with Crippen molar-refractivity contribution in [2.75, 3.05) is 41.9 Å². The molecule has 10 heteroatoms. The summed E-state index contributed by atoms with van der Waals surface area (Å²) in [6.07, 6.45) is 1.62. The zero-order valence-electron chi connectivity index (χ0n) is 15.9. The Labute approximate surface area is 183 Å². The van der Waals surface area contributed by atoms with E-state index in [0.29, 0.717) is 54.2 Å². The van der Waals surface area contributed by atoms with Gasteiger partial charge in [0.2, 0.25) is 17.8 Å². The fraction of sp³-hybridized carbons (Fsp3) is 0.200. The molecule has 3 aromatic rings. The number of aromatic nitrogens is 3. The van der Waals surface area contributed by atoms with E-state index in [1.165, 1.54) is 0 Å². The molecule has 30 heavy (non-hydrogen) atoms. The van der Waals surface area contributed by atoms with Gasteiger partial charge >= 0.3 is 0 Å². The van der Waals surface area contributed by atoms with Gasteiger partial charge in [-0.3, -0.25) is 0 Å². The number of hydrazone groups is 1. The van der Waals surface area contributed by atoms with Crippen molar-refractivity contribution in [2.45, 2.75) is 0 Å². The standard InChI is InChI=1S/C20H19Cl2N7O/c21-15-5-7-16(8-6-15)24-18-25-19(27-20(26-18)29-9-11-30-12-10-29)28-23-13-14-3-1-2-4-17(14)22/h1-8,13H,9-12H2,(H2,24,25,26,27,28)/b23-13+. The third kappa shape index (κ3) is 5.35. The second-order valence-corrected chi connectivity index (χ2v) is 7.25. The maximum Gasteiger partial charge on any atom is 0.250 e. The normalized spacial score (nSPS) is 14.1. The number of hydrogen-bond acceptors (Lipinski definition) is 8. The molecule has 1 saturated heterocycles. The Morgan fingerprint density at radius 1 is 0.933 bits per heavy atom. The predicted molar refractivity (Wildman–Crippen MR) is 120 cm³/mol. The lowest BCUT2D eigenvalue weighted by Crippen LogP contribution is -2.37. The maximum atomic E-state index is 6.16. The van der Waals surface area contributed by atoms with Crippen LogP contribution in [0, 0.1) is 0 Å². The van der Waals surface area contributed by atoms with Gasteiger partial charge in [0, 0.05) is 34.4 Å². The van der Waals surface area contributed by atoms with Crippen LogP contribution in [0.1, 0.15) is 5.56 Å². The highest BCUT2D eigenvalue weighted by Crippen LogP contribution is 2.20. The fourth-order valence-electron chi connectivity index (χ4n) is 2.78. The minimum atomic E-state index is 0.311. The molecule has 2 N–H and O–H groups in total. The molecular formula is C20H19Cl2N7O. The van der Waals surface area contributed by atoms with Crippen molar-refractivity contribution in [3.63, 3.8) is 0 Å². The van der Waals surface area contributed by atoms with Crippen molar-refractivity contribution in [1.29, 1.82) is 0 Å². The molecule has 2 aromatic carbocycles. The quantitative estimate of drug-likeness (QED) is 0.435. The monoisotopic (exact) mass is 443 g/mol. The molecule has 4 rings (SSSR count). The molecule has 1 aliphatic heterocycles. The van der Waals surface area contributed by atoms with E-state index in [-0.39, 0.29) is 0 Å². The van der Waals surface area contributed by atoms with E-state index in [4.69, 9.17) is 27.9 Å². The highest BCUT2D eigenvalue weighted by atomic mass is 35.5. The van der Waals surface area contributed by atoms with Gasteiger partial charge in [-0.15, -0.1) is 0 Å². The van der Waals surface area contributed by atoms with Gasteiger partial charge in [0.15, 0.2) is 0 Å². The highest BCUT2D eigenvalue weighted by Gasteiger charge is 2.16. The summed E-state index contributed by atoms with van der Waals surface area (Å²) < 4.78 is 5.42. The van der Waals surface area contributed by atoms with Crippen molar-refractivity contribution < 1.29 is 4.74 Å². The number of nitrogens with one attached hydrogen (secondary N) is 2. The van der Waals surface area contributed by atoms with Crippen LogP contribution in [0.2, 0.25) is 10.0 Å². The van der Waals surface area contributed by atoms with Crippen LogP contribution in [0.25, 0.3) is 0 Å². The molecule has 1 aromatic heterocycles. The van der Waals surface area contributed by atoms with Gasteiger partial charge in [-0.1, -0.05) is 41.4 Å². The van der Waals surface area contributed by atoms with Gasteiger partial charge in [0.05, 0.1) is 19.4 Å². The van der Waals surface area contributed by atoms with Crippen molar-refractivity contribution in [3.05, 3.63) is 64.1 Å². The van der Waals surface area contributed by atoms with Gasteiger partial charge in [-0.25, -0.2) is 5.43 Å². The van der Waals surface area contributed by atoms with E-state index in [0.717, 1.165) is 11.3 Å². The van der Waals surface area contributed by atoms with E-state index >= 15 is 0 Å². The predicted octanol–water partition coefficient (Wildman–Crippen LogP) is 4.20. The summed E-state index contributed by atoms with van der Waals surface area (Å²) in [5, 5.41) is 8.66. The van der Waals surface area contributed by atoms with Gasteiger partial charge in [0.25, 0.3) is 0 Å². The second kappa shape index (κ2) is 9.71. The van der Waals surface area contributed by atoms with Crippen LogP contribution in [0.3, 0.4) is 0 Å². The first-order valence-electron chi connectivity index (χ1n) is 9.32. The topological polar surface area (TPSA) is 87.6 Å². The molecule has 0 atom stereocenters. The molecule has 0 saturated carbocycles. The molecule has 0 unspecified atom stereocenters. The number of morpholine rings is 1. The molecule has 8 nitrogen and oxygen atoms in total. The highest BCUT2D eigenvalue weighted by molar-refractivity contribution is 6.33. The molecule has 1 fully saturated rings. The Morgan fingerprint density at radius 2 is 1.67 bits per heavy atom. The molecule has 0 spiro atoms. The Morgan fingerprint density at radius 3 is 2.43 bits per heavy atom. The first-order valence-corrected chi connectivity index (χ1v) is 10.1. The first kappa shape index (κ1) is 20.3. The van der Waals surface area contributed by atoms with E-state index in [1.54, 1.807) is 24.4 Å². The van der Waals surface area contributed by atoms with Crippen molar-refractivity contribution in [3.8, 4) is 0 Å². The number of rotatable bonds is 6. The van der Waals surface area contributed by atoms with Crippen LogP contribution >= 0.6 is 23.2 Å². The molecule has 0 amide bonds. The van der Waals surface area contributed by atoms with Crippen LogP contribution in [0.5, 0.6) is 0 Å². The van der Waals surface area contributed by atoms with Crippen LogP contribution in [0.4, 0.5) is 23.5 Å². The minimum Gasteiger partial charge on any atom is -0.378 e. The van der Waals surface area contributed by atoms with Crippen molar-refractivity contribution in [2.24, 2.45) is 5.10 Å². The van der Waals surface area contributed by atoms with Gasteiger partial charge < -0.3 is 15.0 Å². The fourth-order valence-corrected chi connectivity index (χ4v) is 3.09. The third-order valence-corrected chi connectivity index (χ3v) is 4.89. The average molecular weight is 444 g/mol. The zero-order chi connectivity index (χ0) is 20.8. The van der Waals surface area contributed by atoms with E-state index in [2.05, 4.69) is 30.8 Å². The van der Waals surface area contributed by atoms with Crippen LogP contribution in [-0.4, -0.2) is 47.5 Å². The lowest BCUT2D eigenvalue weighted by molar-refractivity contribution is 0.122. The summed E-state index contributed by atoms with van der Waals surface area (Å²) in [5.74, 6) is 1.25. The first-order chi connectivity index (χ1) is 14.7. The Kier molecular flexibility index (Phi) is 6.58. The summed E-state index contributed by atoms with van der Waals surface area (Å²) in [5.41, 5.74) is 4.46. The summed E-state index contributed by atoms with van der Waals surface area (Å²) >= 11 is 12.1. The van der Waals surface area contributed by atoms with Gasteiger partial charge in [0.1, 0.15) is 0 Å². The molecule has 0 radical (unpaired) electrons. The third-order valence-electron chi connectivity index (χ3n) is 4.29. The Bertz CT molecular complexity index is 1020. The number of anilines is 4. The summed E-state index contributed by atoms with van der Waals surface area (Å²) in [4.78, 5) is 15.5. The Hall–Kier alpha value is -2.94. The molecular weight excluding hydrogens is 425 g/mol. The second-order valence-electron chi connectivity index (χ2n) is 6.41. The van der Waals surface area contributed by atoms with Crippen LogP contribution < -0.4 is 15.6 Å². The van der Waals surface area contributed by atoms with E-state index in [9.17, 15) is 0 Å². The lowest BCUT2D eigenvalue weighted by atomic mass is 10.2. The molecule has 154 valence electrons. The van der Waals surface area contributed by atoms with Crippen molar-refractivity contribution in [1.82, 2.24) is 15.0 Å². The number of halogens is 2. The smallest absolute Gasteiger partial charge is 0.250 e. The number of nitrogens with zero attached hydrogens (tertiary/aromatic N) is 5. The maximum absolute atomic E-state index is 6.16. The number of ether oxygens (including phenoxy) is 1. The largest absolute Gasteiger partial charge is 0.378 e. The van der Waals surface area contributed by atoms with Crippen LogP contribution in [-0.2, 0) is 4.74 Å². The minimum absolute atomic E-state index is 0.311. The molecule has 2 heterocycles. The molecule has 1 aliphatic rings. The van der Waals surface area contributed by atoms with Gasteiger partial charge in [-0.05, 0) is 30.3 Å². The summed E-state index contributed by atoms with van der Waals surface area (Å²) in [6, 6.07) is 14.7. The van der Waals surface area contributed by atoms with E-state index in [1.807, 2.05) is 35.2 Å².